The maximum absolute atomic E-state index is 10.5. The van der Waals surface area contributed by atoms with E-state index in [0.717, 1.165) is 6.42 Å². The van der Waals surface area contributed by atoms with Gasteiger partial charge >= 0.3 is 5.97 Å². The number of benzene rings is 1. The van der Waals surface area contributed by atoms with Crippen LogP contribution in [0.4, 0.5) is 0 Å². The normalized spacial score (nSPS) is 9.18. The molecule has 0 heterocycles. The van der Waals surface area contributed by atoms with Crippen LogP contribution in [0.2, 0.25) is 0 Å². The van der Waals surface area contributed by atoms with Gasteiger partial charge in [-0.05, 0) is 31.4 Å². The number of aliphatic hydroxyl groups is 1. The molecule has 1 N–H and O–H groups in total. The highest BCUT2D eigenvalue weighted by Crippen LogP contribution is 2.02. The Morgan fingerprint density at radius 2 is 1.76 bits per heavy atom. The summed E-state index contributed by atoms with van der Waals surface area (Å²) in [5, 5.41) is 8.21. The Labute approximate surface area is 103 Å². The highest BCUT2D eigenvalue weighted by atomic mass is 16.5. The van der Waals surface area contributed by atoms with Gasteiger partial charge in [-0.15, -0.1) is 0 Å². The number of hydrogen-bond donors (Lipinski definition) is 1. The van der Waals surface area contributed by atoms with E-state index >= 15 is 0 Å². The monoisotopic (exact) mass is 238 g/mol. The van der Waals surface area contributed by atoms with E-state index in [1.807, 2.05) is 6.92 Å². The molecule has 0 aliphatic heterocycles. The molecule has 3 heteroatoms. The molecule has 0 bridgehead atoms. The number of rotatable bonds is 4. The summed E-state index contributed by atoms with van der Waals surface area (Å²) in [4.78, 5) is 10.5. The second-order valence-electron chi connectivity index (χ2n) is 3.78. The van der Waals surface area contributed by atoms with Crippen molar-refractivity contribution in [1.82, 2.24) is 0 Å². The van der Waals surface area contributed by atoms with E-state index in [4.69, 9.17) is 5.11 Å². The van der Waals surface area contributed by atoms with E-state index in [1.165, 1.54) is 11.1 Å². The molecule has 1 aromatic carbocycles. The Morgan fingerprint density at radius 1 is 1.24 bits per heavy atom. The maximum atomic E-state index is 10.5. The highest BCUT2D eigenvalue weighted by molar-refractivity contribution is 5.69. The van der Waals surface area contributed by atoms with Crippen LogP contribution in [0.3, 0.4) is 0 Å². The largest absolute Gasteiger partial charge is 0.463 e. The van der Waals surface area contributed by atoms with Gasteiger partial charge in [0.1, 0.15) is 6.61 Å². The third kappa shape index (κ3) is 8.46. The molecule has 0 aliphatic rings. The van der Waals surface area contributed by atoms with E-state index in [-0.39, 0.29) is 19.2 Å². The molecule has 0 unspecified atom stereocenters. The molecule has 17 heavy (non-hydrogen) atoms. The van der Waals surface area contributed by atoms with Crippen LogP contribution in [0, 0.1) is 13.8 Å². The summed E-state index contributed by atoms with van der Waals surface area (Å²) in [6.07, 6.45) is 1.24. The van der Waals surface area contributed by atoms with Crippen molar-refractivity contribution in [3.05, 3.63) is 35.4 Å². The molecule has 1 rings (SSSR count). The van der Waals surface area contributed by atoms with Gasteiger partial charge in [0.2, 0.25) is 0 Å². The van der Waals surface area contributed by atoms with Gasteiger partial charge in [0.15, 0.2) is 0 Å². The van der Waals surface area contributed by atoms with Crippen LogP contribution in [0.25, 0.3) is 0 Å². The predicted molar refractivity (Wildman–Crippen MR) is 68.9 cm³/mol. The Kier molecular flexibility index (Phi) is 9.06. The molecular formula is C14H22O3. The number of aryl methyl sites for hydroxylation is 2. The third-order valence-electron chi connectivity index (χ3n) is 2.23. The van der Waals surface area contributed by atoms with Gasteiger partial charge in [-0.1, -0.05) is 31.2 Å². The van der Waals surface area contributed by atoms with Crippen LogP contribution in [0.1, 0.15) is 30.9 Å². The number of ether oxygens (including phenoxy) is 1. The minimum Gasteiger partial charge on any atom is -0.463 e. The fourth-order valence-electron chi connectivity index (χ4n) is 1.10. The lowest BCUT2D eigenvalue weighted by molar-refractivity contribution is -0.144. The quantitative estimate of drug-likeness (QED) is 0.820. The van der Waals surface area contributed by atoms with Gasteiger partial charge in [-0.3, -0.25) is 4.79 Å². The minimum absolute atomic E-state index is 0.0878. The van der Waals surface area contributed by atoms with Gasteiger partial charge < -0.3 is 9.84 Å². The first-order valence-corrected chi connectivity index (χ1v) is 5.90. The summed E-state index contributed by atoms with van der Waals surface area (Å²) in [6.45, 7) is 6.18. The second-order valence-corrected chi connectivity index (χ2v) is 3.78. The molecule has 1 aromatic rings. The molecule has 0 spiro atoms. The smallest absolute Gasteiger partial charge is 0.305 e. The van der Waals surface area contributed by atoms with Crippen LogP contribution in [0.15, 0.2) is 24.3 Å². The van der Waals surface area contributed by atoms with Crippen molar-refractivity contribution < 1.29 is 14.6 Å². The van der Waals surface area contributed by atoms with Crippen molar-refractivity contribution in [2.45, 2.75) is 33.6 Å². The van der Waals surface area contributed by atoms with Crippen molar-refractivity contribution in [3.8, 4) is 0 Å². The SMILES string of the molecule is CCCC(=O)OCCO.Cc1ccccc1C. The summed E-state index contributed by atoms with van der Waals surface area (Å²) in [6, 6.07) is 8.36. The maximum Gasteiger partial charge on any atom is 0.305 e. The molecule has 0 radical (unpaired) electrons. The van der Waals surface area contributed by atoms with Gasteiger partial charge in [-0.2, -0.15) is 0 Å². The molecule has 3 nitrogen and oxygen atoms in total. The van der Waals surface area contributed by atoms with Crippen LogP contribution in [-0.2, 0) is 9.53 Å². The molecule has 0 saturated carbocycles. The van der Waals surface area contributed by atoms with Crippen molar-refractivity contribution in [1.29, 1.82) is 0 Å². The lowest BCUT2D eigenvalue weighted by atomic mass is 10.1. The fraction of sp³-hybridized carbons (Fsp3) is 0.500. The lowest BCUT2D eigenvalue weighted by Gasteiger charge is -1.98. The van der Waals surface area contributed by atoms with Crippen LogP contribution in [0.5, 0.6) is 0 Å². The van der Waals surface area contributed by atoms with Crippen molar-refractivity contribution in [2.75, 3.05) is 13.2 Å². The summed E-state index contributed by atoms with van der Waals surface area (Å²) in [5.74, 6) is -0.230. The van der Waals surface area contributed by atoms with Gasteiger partial charge in [0, 0.05) is 6.42 Å². The second kappa shape index (κ2) is 9.85. The third-order valence-corrected chi connectivity index (χ3v) is 2.23. The summed E-state index contributed by atoms with van der Waals surface area (Å²) >= 11 is 0. The number of aliphatic hydroxyl groups excluding tert-OH is 1. The molecule has 0 amide bonds. The zero-order valence-electron chi connectivity index (χ0n) is 10.9. The first-order valence-electron chi connectivity index (χ1n) is 5.90. The number of carbonyl (C=O) groups is 1. The van der Waals surface area contributed by atoms with E-state index < -0.39 is 0 Å². The summed E-state index contributed by atoms with van der Waals surface area (Å²) in [7, 11) is 0. The first-order chi connectivity index (χ1) is 8.11. The van der Waals surface area contributed by atoms with E-state index in [0.29, 0.717) is 6.42 Å². The zero-order chi connectivity index (χ0) is 13.1. The Hall–Kier alpha value is -1.35. The number of esters is 1. The average molecular weight is 238 g/mol. The minimum atomic E-state index is -0.230. The molecular weight excluding hydrogens is 216 g/mol. The van der Waals surface area contributed by atoms with Crippen LogP contribution >= 0.6 is 0 Å². The Bertz CT molecular complexity index is 300. The number of hydrogen-bond acceptors (Lipinski definition) is 3. The van der Waals surface area contributed by atoms with Crippen molar-refractivity contribution in [3.63, 3.8) is 0 Å². The fourth-order valence-corrected chi connectivity index (χ4v) is 1.10. The zero-order valence-corrected chi connectivity index (χ0v) is 10.9. The Balaban J connectivity index is 0.000000302. The first kappa shape index (κ1) is 15.7. The molecule has 96 valence electrons. The van der Waals surface area contributed by atoms with Crippen LogP contribution < -0.4 is 0 Å². The van der Waals surface area contributed by atoms with Crippen molar-refractivity contribution >= 4 is 5.97 Å². The van der Waals surface area contributed by atoms with Gasteiger partial charge in [0.05, 0.1) is 6.61 Å². The molecule has 0 aliphatic carbocycles. The molecule has 0 saturated heterocycles. The summed E-state index contributed by atoms with van der Waals surface area (Å²) in [5.41, 5.74) is 2.74. The Morgan fingerprint density at radius 3 is 2.12 bits per heavy atom. The predicted octanol–water partition coefficient (Wildman–Crippen LogP) is 2.63. The van der Waals surface area contributed by atoms with E-state index in [1.54, 1.807) is 0 Å². The standard InChI is InChI=1S/C8H10.C6H12O3/c1-7-5-3-4-6-8(7)2;1-2-3-6(8)9-5-4-7/h3-6H,1-2H3;7H,2-5H2,1H3. The molecule has 0 fully saturated rings. The molecule has 0 aromatic heterocycles. The van der Waals surface area contributed by atoms with Crippen LogP contribution in [-0.4, -0.2) is 24.3 Å². The van der Waals surface area contributed by atoms with Crippen molar-refractivity contribution in [2.24, 2.45) is 0 Å². The van der Waals surface area contributed by atoms with Gasteiger partial charge in [0.25, 0.3) is 0 Å². The van der Waals surface area contributed by atoms with Gasteiger partial charge in [-0.25, -0.2) is 0 Å². The van der Waals surface area contributed by atoms with E-state index in [9.17, 15) is 4.79 Å². The molecule has 0 atom stereocenters. The topological polar surface area (TPSA) is 46.5 Å². The van der Waals surface area contributed by atoms with E-state index in [2.05, 4.69) is 42.8 Å². The highest BCUT2D eigenvalue weighted by Gasteiger charge is 1.97. The number of carbonyl (C=O) groups excluding carboxylic acids is 1. The summed E-state index contributed by atoms with van der Waals surface area (Å²) < 4.78 is 4.54. The average Bonchev–Trinajstić information content (AvgIpc) is 2.32. The lowest BCUT2D eigenvalue weighted by Crippen LogP contribution is -2.07.